The minimum absolute atomic E-state index is 0.257. The Bertz CT molecular complexity index is 209. The van der Waals surface area contributed by atoms with Crippen molar-refractivity contribution in [3.8, 4) is 0 Å². The molecule has 0 saturated carbocycles. The van der Waals surface area contributed by atoms with Crippen molar-refractivity contribution in [1.29, 1.82) is 0 Å². The van der Waals surface area contributed by atoms with Crippen LogP contribution in [0.3, 0.4) is 0 Å². The zero-order valence-electron chi connectivity index (χ0n) is 10.7. The van der Waals surface area contributed by atoms with E-state index >= 15 is 0 Å². The molecule has 2 heteroatoms. The molecule has 1 atom stereocenters. The van der Waals surface area contributed by atoms with E-state index in [1.54, 1.807) is 0 Å². The van der Waals surface area contributed by atoms with Gasteiger partial charge < -0.3 is 5.32 Å². The van der Waals surface area contributed by atoms with E-state index in [1.807, 2.05) is 6.08 Å². The van der Waals surface area contributed by atoms with Gasteiger partial charge in [-0.3, -0.25) is 4.90 Å². The fourth-order valence-corrected chi connectivity index (χ4v) is 2.35. The van der Waals surface area contributed by atoms with Crippen molar-refractivity contribution in [3.05, 3.63) is 12.7 Å². The molecule has 15 heavy (non-hydrogen) atoms. The van der Waals surface area contributed by atoms with E-state index in [1.165, 1.54) is 0 Å². The fraction of sp³-hybridized carbons (Fsp3) is 0.846. The van der Waals surface area contributed by atoms with Crippen LogP contribution in [0, 0.1) is 5.92 Å². The summed E-state index contributed by atoms with van der Waals surface area (Å²) in [5.74, 6) is 0.721. The van der Waals surface area contributed by atoms with E-state index in [9.17, 15) is 0 Å². The Morgan fingerprint density at radius 2 is 2.20 bits per heavy atom. The van der Waals surface area contributed by atoms with Crippen molar-refractivity contribution >= 4 is 0 Å². The number of hydrogen-bond donors (Lipinski definition) is 1. The molecule has 0 aromatic rings. The van der Waals surface area contributed by atoms with Crippen LogP contribution in [0.1, 0.15) is 34.1 Å². The van der Waals surface area contributed by atoms with Crippen LogP contribution in [0.4, 0.5) is 0 Å². The van der Waals surface area contributed by atoms with Gasteiger partial charge in [0.25, 0.3) is 0 Å². The number of nitrogens with one attached hydrogen (secondary N) is 1. The van der Waals surface area contributed by atoms with Gasteiger partial charge in [0.15, 0.2) is 0 Å². The molecule has 1 N–H and O–H groups in total. The lowest BCUT2D eigenvalue weighted by Crippen LogP contribution is -2.62. The highest BCUT2D eigenvalue weighted by Crippen LogP contribution is 2.20. The summed E-state index contributed by atoms with van der Waals surface area (Å²) in [6.07, 6.45) is 3.12. The van der Waals surface area contributed by atoms with Gasteiger partial charge >= 0.3 is 0 Å². The van der Waals surface area contributed by atoms with Gasteiger partial charge in [0.2, 0.25) is 0 Å². The van der Waals surface area contributed by atoms with E-state index < -0.39 is 0 Å². The Morgan fingerprint density at radius 3 is 2.73 bits per heavy atom. The lowest BCUT2D eigenvalue weighted by atomic mass is 9.93. The van der Waals surface area contributed by atoms with Gasteiger partial charge in [-0.1, -0.05) is 19.9 Å². The standard InChI is InChI=1S/C13H26N2/c1-6-7-8-15-10-13(4,5)14-9-12(15)11(2)3/h6,11-12,14H,1,7-10H2,2-5H3. The molecule has 88 valence electrons. The highest BCUT2D eigenvalue weighted by molar-refractivity contribution is 4.93. The Balaban J connectivity index is 2.60. The molecule has 0 spiro atoms. The largest absolute Gasteiger partial charge is 0.309 e. The summed E-state index contributed by atoms with van der Waals surface area (Å²) in [5, 5.41) is 3.63. The van der Waals surface area contributed by atoms with Crippen LogP contribution in [-0.4, -0.2) is 36.1 Å². The summed E-state index contributed by atoms with van der Waals surface area (Å²) in [6, 6.07) is 0.679. The first kappa shape index (κ1) is 12.7. The molecule has 0 aromatic carbocycles. The van der Waals surface area contributed by atoms with E-state index in [2.05, 4.69) is 44.5 Å². The second kappa shape index (κ2) is 5.13. The Labute approximate surface area is 94.7 Å². The van der Waals surface area contributed by atoms with Crippen LogP contribution in [-0.2, 0) is 0 Å². The predicted molar refractivity (Wildman–Crippen MR) is 67.1 cm³/mol. The third kappa shape index (κ3) is 3.62. The molecule has 0 aliphatic carbocycles. The van der Waals surface area contributed by atoms with Gasteiger partial charge in [0.1, 0.15) is 0 Å². The van der Waals surface area contributed by atoms with Crippen LogP contribution < -0.4 is 5.32 Å². The number of piperazine rings is 1. The van der Waals surface area contributed by atoms with Crippen LogP contribution in [0.15, 0.2) is 12.7 Å². The summed E-state index contributed by atoms with van der Waals surface area (Å²) in [7, 11) is 0. The molecule has 0 amide bonds. The zero-order valence-corrected chi connectivity index (χ0v) is 10.7. The second-order valence-corrected chi connectivity index (χ2v) is 5.62. The predicted octanol–water partition coefficient (Wildman–Crippen LogP) is 2.27. The van der Waals surface area contributed by atoms with Crippen molar-refractivity contribution in [2.75, 3.05) is 19.6 Å². The molecule has 1 rings (SSSR count). The van der Waals surface area contributed by atoms with Crippen LogP contribution in [0.2, 0.25) is 0 Å². The normalized spacial score (nSPS) is 26.9. The van der Waals surface area contributed by atoms with E-state index in [0.29, 0.717) is 6.04 Å². The summed E-state index contributed by atoms with van der Waals surface area (Å²) in [4.78, 5) is 2.61. The van der Waals surface area contributed by atoms with Gasteiger partial charge in [-0.05, 0) is 26.2 Å². The van der Waals surface area contributed by atoms with Gasteiger partial charge in [-0.15, -0.1) is 6.58 Å². The molecule has 1 fully saturated rings. The highest BCUT2D eigenvalue weighted by atomic mass is 15.2. The number of nitrogens with zero attached hydrogens (tertiary/aromatic N) is 1. The maximum absolute atomic E-state index is 3.81. The van der Waals surface area contributed by atoms with Crippen molar-refractivity contribution < 1.29 is 0 Å². The summed E-state index contributed by atoms with van der Waals surface area (Å²) < 4.78 is 0. The first-order valence-electron chi connectivity index (χ1n) is 6.06. The maximum Gasteiger partial charge on any atom is 0.0252 e. The first-order valence-corrected chi connectivity index (χ1v) is 6.06. The van der Waals surface area contributed by atoms with E-state index in [4.69, 9.17) is 0 Å². The second-order valence-electron chi connectivity index (χ2n) is 5.62. The topological polar surface area (TPSA) is 15.3 Å². The monoisotopic (exact) mass is 210 g/mol. The number of hydrogen-bond acceptors (Lipinski definition) is 2. The van der Waals surface area contributed by atoms with Crippen molar-refractivity contribution in [1.82, 2.24) is 10.2 Å². The van der Waals surface area contributed by atoms with E-state index in [-0.39, 0.29) is 5.54 Å². The third-order valence-corrected chi connectivity index (χ3v) is 3.25. The molecular formula is C13H26N2. The van der Waals surface area contributed by atoms with Crippen molar-refractivity contribution in [2.45, 2.75) is 45.7 Å². The van der Waals surface area contributed by atoms with Crippen LogP contribution in [0.25, 0.3) is 0 Å². The minimum Gasteiger partial charge on any atom is -0.309 e. The van der Waals surface area contributed by atoms with Crippen LogP contribution in [0.5, 0.6) is 0 Å². The smallest absolute Gasteiger partial charge is 0.0252 e. The molecule has 1 unspecified atom stereocenters. The molecule has 1 aliphatic rings. The summed E-state index contributed by atoms with van der Waals surface area (Å²) in [5.41, 5.74) is 0.257. The lowest BCUT2D eigenvalue weighted by Gasteiger charge is -2.46. The minimum atomic E-state index is 0.257. The fourth-order valence-electron chi connectivity index (χ4n) is 2.35. The molecule has 0 radical (unpaired) electrons. The Kier molecular flexibility index (Phi) is 4.35. The zero-order chi connectivity index (χ0) is 11.5. The van der Waals surface area contributed by atoms with Crippen molar-refractivity contribution in [3.63, 3.8) is 0 Å². The Morgan fingerprint density at radius 1 is 1.53 bits per heavy atom. The lowest BCUT2D eigenvalue weighted by molar-refractivity contribution is 0.0711. The van der Waals surface area contributed by atoms with Gasteiger partial charge in [-0.25, -0.2) is 0 Å². The molecule has 0 aromatic heterocycles. The summed E-state index contributed by atoms with van der Waals surface area (Å²) >= 11 is 0. The molecule has 1 aliphatic heterocycles. The van der Waals surface area contributed by atoms with Crippen molar-refractivity contribution in [2.24, 2.45) is 5.92 Å². The SMILES string of the molecule is C=CCCN1CC(C)(C)NCC1C(C)C. The highest BCUT2D eigenvalue weighted by Gasteiger charge is 2.33. The average Bonchev–Trinajstić information content (AvgIpc) is 2.12. The Hall–Kier alpha value is -0.340. The molecular weight excluding hydrogens is 184 g/mol. The average molecular weight is 210 g/mol. The van der Waals surface area contributed by atoms with Gasteiger partial charge in [0.05, 0.1) is 0 Å². The number of rotatable bonds is 4. The van der Waals surface area contributed by atoms with Crippen LogP contribution >= 0.6 is 0 Å². The third-order valence-electron chi connectivity index (χ3n) is 3.25. The maximum atomic E-state index is 3.81. The molecule has 1 saturated heterocycles. The molecule has 1 heterocycles. The summed E-state index contributed by atoms with van der Waals surface area (Å²) in [6.45, 7) is 16.4. The van der Waals surface area contributed by atoms with Gasteiger partial charge in [0, 0.05) is 31.2 Å². The van der Waals surface area contributed by atoms with Gasteiger partial charge in [-0.2, -0.15) is 0 Å². The molecule has 0 bridgehead atoms. The first-order chi connectivity index (χ1) is 6.96. The van der Waals surface area contributed by atoms with E-state index in [0.717, 1.165) is 32.0 Å². The quantitative estimate of drug-likeness (QED) is 0.716. The molecule has 2 nitrogen and oxygen atoms in total.